The van der Waals surface area contributed by atoms with Crippen LogP contribution in [0.2, 0.25) is 0 Å². The first-order chi connectivity index (χ1) is 7.33. The number of nitrogens with zero attached hydrogens (tertiary/aromatic N) is 1. The molecule has 0 saturated carbocycles. The van der Waals surface area contributed by atoms with E-state index in [9.17, 15) is 9.30 Å². The van der Waals surface area contributed by atoms with Gasteiger partial charge in [0.05, 0.1) is 0 Å². The topological polar surface area (TPSA) is 29.4 Å². The predicted molar refractivity (Wildman–Crippen MR) is 57.3 cm³/mol. The van der Waals surface area contributed by atoms with Crippen LogP contribution in [0.25, 0.3) is 11.1 Å². The van der Waals surface area contributed by atoms with Gasteiger partial charge in [-0.15, -0.1) is 4.91 Å². The molecule has 0 fully saturated rings. The second-order valence-electron chi connectivity index (χ2n) is 3.10. The highest BCUT2D eigenvalue weighted by Crippen LogP contribution is 2.28. The van der Waals surface area contributed by atoms with Crippen molar-refractivity contribution in [3.05, 3.63) is 59.3 Å². The van der Waals surface area contributed by atoms with Gasteiger partial charge in [0.1, 0.15) is 5.69 Å². The van der Waals surface area contributed by atoms with Crippen molar-refractivity contribution in [3.63, 3.8) is 0 Å². The van der Waals surface area contributed by atoms with Gasteiger partial charge in [-0.1, -0.05) is 42.5 Å². The van der Waals surface area contributed by atoms with E-state index in [1.54, 1.807) is 24.3 Å². The van der Waals surface area contributed by atoms with Crippen molar-refractivity contribution in [1.29, 1.82) is 0 Å². The standard InChI is InChI=1S/C12H8FNO/c13-12-10(7-4-8-11(12)14-15)9-5-2-1-3-6-9/h1-8H. The van der Waals surface area contributed by atoms with Crippen LogP contribution in [0, 0.1) is 10.7 Å². The van der Waals surface area contributed by atoms with E-state index in [-0.39, 0.29) is 5.69 Å². The second kappa shape index (κ2) is 4.00. The number of hydrogen-bond acceptors (Lipinski definition) is 2. The quantitative estimate of drug-likeness (QED) is 0.677. The van der Waals surface area contributed by atoms with Crippen LogP contribution in [0.15, 0.2) is 53.7 Å². The monoisotopic (exact) mass is 201 g/mol. The molecule has 0 radical (unpaired) electrons. The Morgan fingerprint density at radius 1 is 0.933 bits per heavy atom. The summed E-state index contributed by atoms with van der Waals surface area (Å²) in [7, 11) is 0. The number of rotatable bonds is 2. The van der Waals surface area contributed by atoms with Gasteiger partial charge in [0.15, 0.2) is 5.82 Å². The molecule has 0 N–H and O–H groups in total. The van der Waals surface area contributed by atoms with E-state index in [1.807, 2.05) is 18.2 Å². The maximum absolute atomic E-state index is 13.7. The van der Waals surface area contributed by atoms with Crippen molar-refractivity contribution in [2.75, 3.05) is 0 Å². The number of halogens is 1. The van der Waals surface area contributed by atoms with Crippen LogP contribution < -0.4 is 0 Å². The Bertz CT molecular complexity index is 482. The summed E-state index contributed by atoms with van der Waals surface area (Å²) in [6, 6.07) is 13.6. The molecule has 0 saturated heterocycles. The van der Waals surface area contributed by atoms with Crippen LogP contribution in [-0.4, -0.2) is 0 Å². The SMILES string of the molecule is O=Nc1cccc(-c2ccccc2)c1F. The smallest absolute Gasteiger partial charge is 0.160 e. The maximum atomic E-state index is 13.7. The first-order valence-corrected chi connectivity index (χ1v) is 4.50. The van der Waals surface area contributed by atoms with Gasteiger partial charge in [0.25, 0.3) is 0 Å². The normalized spacial score (nSPS) is 9.93. The van der Waals surface area contributed by atoms with E-state index in [4.69, 9.17) is 0 Å². The molecule has 0 unspecified atom stereocenters. The van der Waals surface area contributed by atoms with E-state index in [2.05, 4.69) is 5.18 Å². The van der Waals surface area contributed by atoms with Gasteiger partial charge >= 0.3 is 0 Å². The first kappa shape index (κ1) is 9.52. The fourth-order valence-corrected chi connectivity index (χ4v) is 1.43. The molecule has 0 bridgehead atoms. The lowest BCUT2D eigenvalue weighted by Gasteiger charge is -2.03. The molecule has 0 aliphatic rings. The summed E-state index contributed by atoms with van der Waals surface area (Å²) in [6.07, 6.45) is 0. The zero-order valence-corrected chi connectivity index (χ0v) is 7.85. The van der Waals surface area contributed by atoms with Gasteiger partial charge < -0.3 is 0 Å². The summed E-state index contributed by atoms with van der Waals surface area (Å²) < 4.78 is 13.7. The molecule has 0 aliphatic carbocycles. The molecule has 2 nitrogen and oxygen atoms in total. The fraction of sp³-hybridized carbons (Fsp3) is 0. The summed E-state index contributed by atoms with van der Waals surface area (Å²) in [5.41, 5.74) is 0.976. The second-order valence-corrected chi connectivity index (χ2v) is 3.10. The summed E-state index contributed by atoms with van der Waals surface area (Å²) >= 11 is 0. The third-order valence-corrected chi connectivity index (χ3v) is 2.16. The third kappa shape index (κ3) is 1.76. The minimum absolute atomic E-state index is 0.156. The molecule has 0 aromatic heterocycles. The van der Waals surface area contributed by atoms with Gasteiger partial charge in [-0.05, 0) is 16.8 Å². The fourth-order valence-electron chi connectivity index (χ4n) is 1.43. The summed E-state index contributed by atoms with van der Waals surface area (Å²) in [5.74, 6) is -0.571. The van der Waals surface area contributed by atoms with Crippen molar-refractivity contribution in [1.82, 2.24) is 0 Å². The van der Waals surface area contributed by atoms with Gasteiger partial charge in [-0.2, -0.15) is 0 Å². The Balaban J connectivity index is 2.59. The zero-order chi connectivity index (χ0) is 10.7. The molecule has 15 heavy (non-hydrogen) atoms. The van der Waals surface area contributed by atoms with Crippen LogP contribution in [0.3, 0.4) is 0 Å². The maximum Gasteiger partial charge on any atom is 0.160 e. The minimum Gasteiger partial charge on any atom is -0.204 e. The molecule has 2 aromatic carbocycles. The first-order valence-electron chi connectivity index (χ1n) is 4.50. The largest absolute Gasteiger partial charge is 0.204 e. The van der Waals surface area contributed by atoms with Crippen LogP contribution in [0.1, 0.15) is 0 Å². The minimum atomic E-state index is -0.571. The van der Waals surface area contributed by atoms with E-state index < -0.39 is 5.82 Å². The molecule has 0 amide bonds. The van der Waals surface area contributed by atoms with E-state index >= 15 is 0 Å². The predicted octanol–water partition coefficient (Wildman–Crippen LogP) is 3.89. The highest BCUT2D eigenvalue weighted by atomic mass is 19.1. The molecule has 2 aromatic rings. The third-order valence-electron chi connectivity index (χ3n) is 2.16. The Hall–Kier alpha value is -2.03. The van der Waals surface area contributed by atoms with Crippen molar-refractivity contribution in [2.45, 2.75) is 0 Å². The van der Waals surface area contributed by atoms with E-state index in [0.717, 1.165) is 5.56 Å². The summed E-state index contributed by atoms with van der Waals surface area (Å²) in [6.45, 7) is 0. The van der Waals surface area contributed by atoms with E-state index in [1.165, 1.54) is 6.07 Å². The average molecular weight is 201 g/mol. The van der Waals surface area contributed by atoms with Crippen LogP contribution in [-0.2, 0) is 0 Å². The highest BCUT2D eigenvalue weighted by Gasteiger charge is 2.09. The lowest BCUT2D eigenvalue weighted by Crippen LogP contribution is -1.83. The molecule has 3 heteroatoms. The molecular formula is C12H8FNO. The van der Waals surface area contributed by atoms with Gasteiger partial charge in [-0.25, -0.2) is 4.39 Å². The van der Waals surface area contributed by atoms with Crippen molar-refractivity contribution in [3.8, 4) is 11.1 Å². The lowest BCUT2D eigenvalue weighted by molar-refractivity contribution is 0.633. The highest BCUT2D eigenvalue weighted by molar-refractivity contribution is 5.68. The van der Waals surface area contributed by atoms with Crippen LogP contribution in [0.5, 0.6) is 0 Å². The molecule has 0 atom stereocenters. The van der Waals surface area contributed by atoms with Gasteiger partial charge in [0, 0.05) is 5.56 Å². The Morgan fingerprint density at radius 3 is 2.33 bits per heavy atom. The van der Waals surface area contributed by atoms with Gasteiger partial charge in [0.2, 0.25) is 0 Å². The Morgan fingerprint density at radius 2 is 1.67 bits per heavy atom. The number of hydrogen-bond donors (Lipinski definition) is 0. The molecule has 74 valence electrons. The van der Waals surface area contributed by atoms with Gasteiger partial charge in [-0.3, -0.25) is 0 Å². The Labute approximate surface area is 86.3 Å². The van der Waals surface area contributed by atoms with Crippen molar-refractivity contribution in [2.24, 2.45) is 5.18 Å². The number of nitroso groups, excluding NO2 is 1. The van der Waals surface area contributed by atoms with E-state index in [0.29, 0.717) is 5.56 Å². The zero-order valence-electron chi connectivity index (χ0n) is 7.85. The summed E-state index contributed by atoms with van der Waals surface area (Å²) in [4.78, 5) is 10.3. The molecular weight excluding hydrogens is 193 g/mol. The van der Waals surface area contributed by atoms with Crippen molar-refractivity contribution >= 4 is 5.69 Å². The molecule has 0 aliphatic heterocycles. The van der Waals surface area contributed by atoms with Crippen molar-refractivity contribution < 1.29 is 4.39 Å². The molecule has 0 heterocycles. The molecule has 0 spiro atoms. The van der Waals surface area contributed by atoms with Crippen LogP contribution >= 0.6 is 0 Å². The Kier molecular flexibility index (Phi) is 2.54. The molecule has 2 rings (SSSR count). The van der Waals surface area contributed by atoms with Crippen LogP contribution in [0.4, 0.5) is 10.1 Å². The summed E-state index contributed by atoms with van der Waals surface area (Å²) in [5, 5.41) is 2.63. The lowest BCUT2D eigenvalue weighted by atomic mass is 10.0. The number of benzene rings is 2. The average Bonchev–Trinajstić information content (AvgIpc) is 2.30.